The zero-order chi connectivity index (χ0) is 17.7. The number of carbonyl (C=O) groups is 2. The van der Waals surface area contributed by atoms with Crippen LogP contribution >= 0.6 is 0 Å². The summed E-state index contributed by atoms with van der Waals surface area (Å²) in [4.78, 5) is 22.9. The first-order valence-corrected chi connectivity index (χ1v) is 6.97. The van der Waals surface area contributed by atoms with Gasteiger partial charge in [-0.25, -0.2) is 9.59 Å². The van der Waals surface area contributed by atoms with Crippen molar-refractivity contribution in [2.24, 2.45) is 0 Å². The molecule has 0 atom stereocenters. The summed E-state index contributed by atoms with van der Waals surface area (Å²) in [5, 5.41) is 18.7. The quantitative estimate of drug-likeness (QED) is 0.625. The van der Waals surface area contributed by atoms with Crippen LogP contribution in [0.5, 0.6) is 11.5 Å². The fourth-order valence-electron chi connectivity index (χ4n) is 2.25. The van der Waals surface area contributed by atoms with Crippen molar-refractivity contribution in [2.75, 3.05) is 14.2 Å². The molecule has 2 rings (SSSR count). The third-order valence-corrected chi connectivity index (χ3v) is 3.42. The molecule has 0 bridgehead atoms. The number of carboxylic acid groups (broad SMARTS) is 2. The lowest BCUT2D eigenvalue weighted by molar-refractivity contribution is -0.130. The Morgan fingerprint density at radius 3 is 2.21 bits per heavy atom. The maximum absolute atomic E-state index is 11.7. The third-order valence-electron chi connectivity index (χ3n) is 3.42. The van der Waals surface area contributed by atoms with Gasteiger partial charge in [-0.2, -0.15) is 0 Å². The zero-order valence-corrected chi connectivity index (χ0v) is 13.1. The van der Waals surface area contributed by atoms with Gasteiger partial charge in [0.05, 0.1) is 25.4 Å². The highest BCUT2D eigenvalue weighted by atomic mass is 16.5. The number of aliphatic carboxylic acids is 1. The lowest BCUT2D eigenvalue weighted by atomic mass is 9.99. The Morgan fingerprint density at radius 2 is 1.62 bits per heavy atom. The fourth-order valence-corrected chi connectivity index (χ4v) is 2.25. The predicted octanol–water partition coefficient (Wildman–Crippen LogP) is 3.03. The Bertz CT molecular complexity index is 807. The van der Waals surface area contributed by atoms with Crippen LogP contribution in [0.15, 0.2) is 42.5 Å². The van der Waals surface area contributed by atoms with Crippen molar-refractivity contribution in [3.8, 4) is 11.5 Å². The lowest BCUT2D eigenvalue weighted by Crippen LogP contribution is -2.03. The highest BCUT2D eigenvalue weighted by Crippen LogP contribution is 2.31. The lowest BCUT2D eigenvalue weighted by Gasteiger charge is -2.10. The van der Waals surface area contributed by atoms with Crippen molar-refractivity contribution in [1.82, 2.24) is 0 Å². The van der Waals surface area contributed by atoms with Crippen molar-refractivity contribution in [2.45, 2.75) is 0 Å². The van der Waals surface area contributed by atoms with E-state index < -0.39 is 11.9 Å². The summed E-state index contributed by atoms with van der Waals surface area (Å²) in [7, 11) is 2.93. The molecule has 2 aromatic rings. The van der Waals surface area contributed by atoms with Gasteiger partial charge in [-0.3, -0.25) is 0 Å². The van der Waals surface area contributed by atoms with Crippen LogP contribution in [0.2, 0.25) is 0 Å². The second-order valence-electron chi connectivity index (χ2n) is 4.83. The smallest absolute Gasteiger partial charge is 0.336 e. The van der Waals surface area contributed by atoms with Gasteiger partial charge < -0.3 is 19.7 Å². The summed E-state index contributed by atoms with van der Waals surface area (Å²) < 4.78 is 10.3. The van der Waals surface area contributed by atoms with Gasteiger partial charge in [0, 0.05) is 0 Å². The van der Waals surface area contributed by atoms with Crippen LogP contribution in [-0.2, 0) is 4.79 Å². The summed E-state index contributed by atoms with van der Waals surface area (Å²) in [6.07, 6.45) is 1.33. The molecule has 0 unspecified atom stereocenters. The molecule has 0 radical (unpaired) electrons. The molecule has 0 aliphatic carbocycles. The fraction of sp³-hybridized carbons (Fsp3) is 0.111. The first-order valence-electron chi connectivity index (χ1n) is 6.97. The SMILES string of the molecule is COc1ccc(/C(=C/c2ccccc2C(=O)O)C(=O)O)cc1OC. The topological polar surface area (TPSA) is 93.1 Å². The molecule has 0 heterocycles. The summed E-state index contributed by atoms with van der Waals surface area (Å²) in [6, 6.07) is 10.9. The molecule has 0 aliphatic rings. The van der Waals surface area contributed by atoms with Gasteiger partial charge in [0.25, 0.3) is 0 Å². The molecular weight excluding hydrogens is 312 g/mol. The van der Waals surface area contributed by atoms with E-state index in [0.29, 0.717) is 22.6 Å². The summed E-state index contributed by atoms with van der Waals surface area (Å²) in [5.74, 6) is -1.45. The molecule has 0 amide bonds. The first kappa shape index (κ1) is 17.1. The van der Waals surface area contributed by atoms with Crippen LogP contribution < -0.4 is 9.47 Å². The van der Waals surface area contributed by atoms with E-state index in [9.17, 15) is 19.8 Å². The van der Waals surface area contributed by atoms with Gasteiger partial charge in [-0.05, 0) is 35.4 Å². The number of rotatable bonds is 6. The Hall–Kier alpha value is -3.28. The van der Waals surface area contributed by atoms with E-state index in [1.54, 1.807) is 30.3 Å². The molecule has 6 nitrogen and oxygen atoms in total. The van der Waals surface area contributed by atoms with Gasteiger partial charge in [-0.15, -0.1) is 0 Å². The highest BCUT2D eigenvalue weighted by molar-refractivity contribution is 6.21. The van der Waals surface area contributed by atoms with Gasteiger partial charge in [0.1, 0.15) is 0 Å². The number of benzene rings is 2. The second-order valence-corrected chi connectivity index (χ2v) is 4.83. The molecule has 6 heteroatoms. The third kappa shape index (κ3) is 3.55. The van der Waals surface area contributed by atoms with Crippen LogP contribution in [0.1, 0.15) is 21.5 Å². The van der Waals surface area contributed by atoms with Crippen molar-refractivity contribution >= 4 is 23.6 Å². The Labute approximate surface area is 138 Å². The second kappa shape index (κ2) is 7.32. The summed E-state index contributed by atoms with van der Waals surface area (Å²) in [5.41, 5.74) is 0.652. The van der Waals surface area contributed by atoms with E-state index in [-0.39, 0.29) is 11.1 Å². The van der Waals surface area contributed by atoms with E-state index >= 15 is 0 Å². The summed E-state index contributed by atoms with van der Waals surface area (Å²) in [6.45, 7) is 0. The minimum Gasteiger partial charge on any atom is -0.493 e. The van der Waals surface area contributed by atoms with Crippen LogP contribution in [0.4, 0.5) is 0 Å². The van der Waals surface area contributed by atoms with E-state index in [2.05, 4.69) is 0 Å². The molecular formula is C18H16O6. The minimum absolute atomic E-state index is 0.0247. The standard InChI is InChI=1S/C18H16O6/c1-23-15-8-7-12(10-16(15)24-2)14(18(21)22)9-11-5-3-4-6-13(11)17(19)20/h3-10H,1-2H3,(H,19,20)(H,21,22)/b14-9-. The molecule has 24 heavy (non-hydrogen) atoms. The van der Waals surface area contributed by atoms with Gasteiger partial charge >= 0.3 is 11.9 Å². The molecule has 124 valence electrons. The van der Waals surface area contributed by atoms with Crippen LogP contribution in [0.25, 0.3) is 11.6 Å². The predicted molar refractivity (Wildman–Crippen MR) is 88.5 cm³/mol. The monoisotopic (exact) mass is 328 g/mol. The average molecular weight is 328 g/mol. The number of ether oxygens (including phenoxy) is 2. The van der Waals surface area contributed by atoms with E-state index in [0.717, 1.165) is 0 Å². The number of methoxy groups -OCH3 is 2. The average Bonchev–Trinajstić information content (AvgIpc) is 2.59. The highest BCUT2D eigenvalue weighted by Gasteiger charge is 2.16. The van der Waals surface area contributed by atoms with Gasteiger partial charge in [-0.1, -0.05) is 24.3 Å². The van der Waals surface area contributed by atoms with Crippen LogP contribution in [-0.4, -0.2) is 36.4 Å². The maximum Gasteiger partial charge on any atom is 0.336 e. The first-order chi connectivity index (χ1) is 11.5. The van der Waals surface area contributed by atoms with Crippen LogP contribution in [0.3, 0.4) is 0 Å². The Kier molecular flexibility index (Phi) is 5.21. The van der Waals surface area contributed by atoms with Gasteiger partial charge in [0.15, 0.2) is 11.5 Å². The van der Waals surface area contributed by atoms with Gasteiger partial charge in [0.2, 0.25) is 0 Å². The largest absolute Gasteiger partial charge is 0.493 e. The molecule has 0 aromatic heterocycles. The molecule has 0 saturated heterocycles. The maximum atomic E-state index is 11.7. The van der Waals surface area contributed by atoms with Crippen molar-refractivity contribution in [3.63, 3.8) is 0 Å². The molecule has 2 aromatic carbocycles. The molecule has 2 N–H and O–H groups in total. The Morgan fingerprint density at radius 1 is 0.958 bits per heavy atom. The number of hydrogen-bond donors (Lipinski definition) is 2. The molecule has 0 aliphatic heterocycles. The normalized spacial score (nSPS) is 11.0. The zero-order valence-electron chi connectivity index (χ0n) is 13.1. The Balaban J connectivity index is 2.59. The van der Waals surface area contributed by atoms with Crippen molar-refractivity contribution < 1.29 is 29.3 Å². The molecule has 0 fully saturated rings. The number of carboxylic acids is 2. The number of hydrogen-bond acceptors (Lipinski definition) is 4. The molecule has 0 spiro atoms. The van der Waals surface area contributed by atoms with E-state index in [1.807, 2.05) is 0 Å². The van der Waals surface area contributed by atoms with Crippen molar-refractivity contribution in [3.05, 3.63) is 59.2 Å². The summed E-state index contributed by atoms with van der Waals surface area (Å²) >= 11 is 0. The van der Waals surface area contributed by atoms with Crippen molar-refractivity contribution in [1.29, 1.82) is 0 Å². The minimum atomic E-state index is -1.18. The number of aromatic carboxylic acids is 1. The molecule has 0 saturated carbocycles. The van der Waals surface area contributed by atoms with E-state index in [1.165, 1.54) is 32.4 Å². The van der Waals surface area contributed by atoms with E-state index in [4.69, 9.17) is 9.47 Å². The van der Waals surface area contributed by atoms with Crippen LogP contribution in [0, 0.1) is 0 Å².